The highest BCUT2D eigenvalue weighted by atomic mass is 28.4. The lowest BCUT2D eigenvalue weighted by Gasteiger charge is -2.21. The Balaban J connectivity index is 3.15. The molecule has 0 saturated carbocycles. The minimum atomic E-state index is -4.45. The third-order valence-electron chi connectivity index (χ3n) is 1.88. The molecule has 1 aromatic carbocycles. The summed E-state index contributed by atoms with van der Waals surface area (Å²) in [6.45, 7) is 5.66. The molecule has 0 aliphatic heterocycles. The van der Waals surface area contributed by atoms with E-state index in [1.165, 1.54) is 6.07 Å². The standard InChI is InChI=1S/C11H13F3O2Si/c1-17(2,3)16-10-5-4-9(11(12,13)14)6-8(10)7-15/h4-7H,1-3H3. The van der Waals surface area contributed by atoms with Crippen LogP contribution in [0.5, 0.6) is 5.75 Å². The topological polar surface area (TPSA) is 26.3 Å². The molecule has 0 saturated heterocycles. The molecule has 0 unspecified atom stereocenters. The van der Waals surface area contributed by atoms with E-state index in [9.17, 15) is 18.0 Å². The number of carbonyl (C=O) groups excluding carboxylic acids is 1. The third kappa shape index (κ3) is 3.88. The van der Waals surface area contributed by atoms with Gasteiger partial charge in [0.2, 0.25) is 8.32 Å². The van der Waals surface area contributed by atoms with E-state index in [-0.39, 0.29) is 11.3 Å². The Hall–Kier alpha value is -1.30. The van der Waals surface area contributed by atoms with Crippen molar-refractivity contribution in [2.45, 2.75) is 25.8 Å². The van der Waals surface area contributed by atoms with E-state index in [2.05, 4.69) is 0 Å². The van der Waals surface area contributed by atoms with Gasteiger partial charge in [-0.15, -0.1) is 0 Å². The van der Waals surface area contributed by atoms with Crippen molar-refractivity contribution in [1.29, 1.82) is 0 Å². The van der Waals surface area contributed by atoms with Gasteiger partial charge in [0.25, 0.3) is 0 Å². The molecule has 2 nitrogen and oxygen atoms in total. The molecule has 0 fully saturated rings. The molecular formula is C11H13F3O2Si. The summed E-state index contributed by atoms with van der Waals surface area (Å²) in [6.07, 6.45) is -4.07. The largest absolute Gasteiger partial charge is 0.544 e. The smallest absolute Gasteiger partial charge is 0.416 e. The van der Waals surface area contributed by atoms with Crippen LogP contribution in [0.15, 0.2) is 18.2 Å². The normalized spacial score (nSPS) is 12.4. The maximum atomic E-state index is 12.4. The summed E-state index contributed by atoms with van der Waals surface area (Å²) in [5.41, 5.74) is -0.912. The van der Waals surface area contributed by atoms with Crippen LogP contribution in [0, 0.1) is 0 Å². The number of hydrogen-bond donors (Lipinski definition) is 0. The lowest BCUT2D eigenvalue weighted by Crippen LogP contribution is -2.29. The van der Waals surface area contributed by atoms with Gasteiger partial charge in [-0.05, 0) is 37.8 Å². The van der Waals surface area contributed by atoms with Crippen molar-refractivity contribution in [2.24, 2.45) is 0 Å². The van der Waals surface area contributed by atoms with Crippen molar-refractivity contribution in [3.05, 3.63) is 29.3 Å². The SMILES string of the molecule is C[Si](C)(C)Oc1ccc(C(F)(F)F)cc1C=O. The molecule has 0 atom stereocenters. The Bertz CT molecular complexity index is 422. The fourth-order valence-corrected chi connectivity index (χ4v) is 2.09. The average Bonchev–Trinajstić information content (AvgIpc) is 2.14. The number of carbonyl (C=O) groups is 1. The van der Waals surface area contributed by atoms with Gasteiger partial charge in [-0.2, -0.15) is 13.2 Å². The molecule has 0 bridgehead atoms. The number of aldehydes is 1. The second kappa shape index (κ2) is 4.52. The predicted octanol–water partition coefficient (Wildman–Crippen LogP) is 3.73. The zero-order valence-electron chi connectivity index (χ0n) is 9.76. The summed E-state index contributed by atoms with van der Waals surface area (Å²) in [5.74, 6) is 0.215. The van der Waals surface area contributed by atoms with E-state index >= 15 is 0 Å². The van der Waals surface area contributed by atoms with E-state index in [1.807, 2.05) is 19.6 Å². The van der Waals surface area contributed by atoms with Gasteiger partial charge in [-0.3, -0.25) is 4.79 Å². The van der Waals surface area contributed by atoms with Gasteiger partial charge in [-0.1, -0.05) is 0 Å². The van der Waals surface area contributed by atoms with E-state index in [0.717, 1.165) is 12.1 Å². The minimum Gasteiger partial charge on any atom is -0.544 e. The van der Waals surface area contributed by atoms with Crippen LogP contribution in [-0.4, -0.2) is 14.6 Å². The molecule has 0 spiro atoms. The number of rotatable bonds is 3. The van der Waals surface area contributed by atoms with E-state index < -0.39 is 20.1 Å². The number of alkyl halides is 3. The zero-order chi connectivity index (χ0) is 13.3. The minimum absolute atomic E-state index is 0.0674. The first-order valence-corrected chi connectivity index (χ1v) is 8.40. The molecular weight excluding hydrogens is 249 g/mol. The molecule has 0 aromatic heterocycles. The highest BCUT2D eigenvalue weighted by Gasteiger charge is 2.31. The van der Waals surface area contributed by atoms with E-state index in [0.29, 0.717) is 6.29 Å². The molecule has 1 rings (SSSR count). The second-order valence-electron chi connectivity index (χ2n) is 4.58. The molecule has 17 heavy (non-hydrogen) atoms. The zero-order valence-corrected chi connectivity index (χ0v) is 10.8. The maximum absolute atomic E-state index is 12.4. The Kier molecular flexibility index (Phi) is 3.66. The number of halogens is 3. The van der Waals surface area contributed by atoms with Crippen molar-refractivity contribution in [3.63, 3.8) is 0 Å². The summed E-state index contributed by atoms with van der Waals surface area (Å²) >= 11 is 0. The molecule has 0 heterocycles. The molecule has 0 amide bonds. The number of hydrogen-bond acceptors (Lipinski definition) is 2. The van der Waals surface area contributed by atoms with Crippen LogP contribution in [0.1, 0.15) is 15.9 Å². The molecule has 0 N–H and O–H groups in total. The average molecular weight is 262 g/mol. The predicted molar refractivity (Wildman–Crippen MR) is 60.8 cm³/mol. The molecule has 94 valence electrons. The van der Waals surface area contributed by atoms with Gasteiger partial charge < -0.3 is 4.43 Å². The summed E-state index contributed by atoms with van der Waals surface area (Å²) in [4.78, 5) is 10.8. The number of benzene rings is 1. The highest BCUT2D eigenvalue weighted by Crippen LogP contribution is 2.32. The molecule has 6 heteroatoms. The molecule has 0 aliphatic rings. The summed E-state index contributed by atoms with van der Waals surface area (Å²) in [6, 6.07) is 2.93. The van der Waals surface area contributed by atoms with Crippen LogP contribution >= 0.6 is 0 Å². The summed E-state index contributed by atoms with van der Waals surface area (Å²) < 4.78 is 42.8. The van der Waals surface area contributed by atoms with Crippen molar-refractivity contribution in [3.8, 4) is 5.75 Å². The van der Waals surface area contributed by atoms with Crippen LogP contribution in [0.2, 0.25) is 19.6 Å². The van der Waals surface area contributed by atoms with Gasteiger partial charge in [0.1, 0.15) is 5.75 Å². The molecule has 1 aromatic rings. The van der Waals surface area contributed by atoms with Crippen LogP contribution in [-0.2, 0) is 6.18 Å². The van der Waals surface area contributed by atoms with Gasteiger partial charge >= 0.3 is 6.18 Å². The van der Waals surface area contributed by atoms with Crippen LogP contribution in [0.25, 0.3) is 0 Å². The van der Waals surface area contributed by atoms with Crippen LogP contribution in [0.4, 0.5) is 13.2 Å². The Morgan fingerprint density at radius 2 is 1.82 bits per heavy atom. The summed E-state index contributed by atoms with van der Waals surface area (Å²) in [7, 11) is -1.95. The Labute approximate surface area is 98.5 Å². The van der Waals surface area contributed by atoms with E-state index in [4.69, 9.17) is 4.43 Å². The van der Waals surface area contributed by atoms with Crippen LogP contribution in [0.3, 0.4) is 0 Å². The fourth-order valence-electron chi connectivity index (χ4n) is 1.24. The van der Waals surface area contributed by atoms with Gasteiger partial charge in [0.05, 0.1) is 11.1 Å². The first kappa shape index (κ1) is 13.8. The van der Waals surface area contributed by atoms with Crippen molar-refractivity contribution in [2.75, 3.05) is 0 Å². The Morgan fingerprint density at radius 1 is 1.24 bits per heavy atom. The van der Waals surface area contributed by atoms with Gasteiger partial charge in [0.15, 0.2) is 6.29 Å². The lowest BCUT2D eigenvalue weighted by molar-refractivity contribution is -0.137. The molecule has 0 aliphatic carbocycles. The quantitative estimate of drug-likeness (QED) is 0.613. The maximum Gasteiger partial charge on any atom is 0.416 e. The van der Waals surface area contributed by atoms with Crippen molar-refractivity contribution in [1.82, 2.24) is 0 Å². The third-order valence-corrected chi connectivity index (χ3v) is 2.71. The second-order valence-corrected chi connectivity index (χ2v) is 9.01. The first-order chi connectivity index (χ1) is 7.63. The van der Waals surface area contributed by atoms with Gasteiger partial charge in [0, 0.05) is 0 Å². The fraction of sp³-hybridized carbons (Fsp3) is 0.364. The monoisotopic (exact) mass is 262 g/mol. The van der Waals surface area contributed by atoms with Crippen molar-refractivity contribution < 1.29 is 22.4 Å². The molecule has 0 radical (unpaired) electrons. The van der Waals surface area contributed by atoms with Crippen LogP contribution < -0.4 is 4.43 Å². The highest BCUT2D eigenvalue weighted by molar-refractivity contribution is 6.70. The first-order valence-electron chi connectivity index (χ1n) is 4.99. The van der Waals surface area contributed by atoms with E-state index in [1.54, 1.807) is 0 Å². The Morgan fingerprint density at radius 3 is 2.24 bits per heavy atom. The van der Waals surface area contributed by atoms with Crippen molar-refractivity contribution >= 4 is 14.6 Å². The van der Waals surface area contributed by atoms with Gasteiger partial charge in [-0.25, -0.2) is 0 Å². The summed E-state index contributed by atoms with van der Waals surface area (Å²) in [5, 5.41) is 0. The lowest BCUT2D eigenvalue weighted by atomic mass is 10.1.